The first kappa shape index (κ1) is 15.2. The Balaban J connectivity index is 2.39. The molecule has 3 nitrogen and oxygen atoms in total. The van der Waals surface area contributed by atoms with Crippen molar-refractivity contribution in [2.45, 2.75) is 13.2 Å². The molecule has 1 unspecified atom stereocenters. The lowest BCUT2D eigenvalue weighted by Gasteiger charge is -2.13. The van der Waals surface area contributed by atoms with E-state index in [1.807, 2.05) is 43.3 Å². The Hall–Kier alpha value is -0.840. The third-order valence-electron chi connectivity index (χ3n) is 2.26. The maximum Gasteiger partial charge on any atom is 0.167 e. The van der Waals surface area contributed by atoms with Crippen LogP contribution in [0.25, 0.3) is 6.08 Å². The molecule has 0 amide bonds. The van der Waals surface area contributed by atoms with Crippen molar-refractivity contribution in [2.75, 3.05) is 25.7 Å². The molecule has 0 fully saturated rings. The van der Waals surface area contributed by atoms with Gasteiger partial charge in [-0.2, -0.15) is 0 Å². The standard InChI is InChI=1S/C14H19BrO3/c1-3-17-14(11-15)18-9-5-7-12-6-4-8-13(10-12)16-2/h4-8,10,14H,3,9,11H2,1-2H3/b7-5+. The molecule has 1 aromatic rings. The number of halogens is 1. The minimum absolute atomic E-state index is 0.190. The Kier molecular flexibility index (Phi) is 7.73. The van der Waals surface area contributed by atoms with Crippen molar-refractivity contribution in [3.8, 4) is 5.75 Å². The van der Waals surface area contributed by atoms with Crippen molar-refractivity contribution in [3.63, 3.8) is 0 Å². The predicted molar refractivity (Wildman–Crippen MR) is 77.2 cm³/mol. The molecule has 0 saturated heterocycles. The van der Waals surface area contributed by atoms with Crippen LogP contribution in [0.4, 0.5) is 0 Å². The summed E-state index contributed by atoms with van der Waals surface area (Å²) in [6, 6.07) is 7.87. The average Bonchev–Trinajstić information content (AvgIpc) is 2.42. The number of rotatable bonds is 8. The van der Waals surface area contributed by atoms with Gasteiger partial charge in [0.05, 0.1) is 19.0 Å². The maximum absolute atomic E-state index is 5.52. The third kappa shape index (κ3) is 5.67. The van der Waals surface area contributed by atoms with Gasteiger partial charge in [-0.25, -0.2) is 0 Å². The van der Waals surface area contributed by atoms with E-state index < -0.39 is 0 Å². The van der Waals surface area contributed by atoms with Crippen LogP contribution in [0.3, 0.4) is 0 Å². The van der Waals surface area contributed by atoms with Crippen LogP contribution in [-0.2, 0) is 9.47 Å². The fourth-order valence-corrected chi connectivity index (χ4v) is 1.79. The van der Waals surface area contributed by atoms with Crippen LogP contribution in [0.5, 0.6) is 5.75 Å². The minimum atomic E-state index is -0.190. The predicted octanol–water partition coefficient (Wildman–Crippen LogP) is 3.48. The summed E-state index contributed by atoms with van der Waals surface area (Å²) < 4.78 is 16.0. The molecule has 0 aliphatic carbocycles. The van der Waals surface area contributed by atoms with Crippen molar-refractivity contribution in [2.24, 2.45) is 0 Å². The zero-order valence-electron chi connectivity index (χ0n) is 10.8. The van der Waals surface area contributed by atoms with Gasteiger partial charge in [0.15, 0.2) is 6.29 Å². The quantitative estimate of drug-likeness (QED) is 0.543. The maximum atomic E-state index is 5.52. The monoisotopic (exact) mass is 314 g/mol. The van der Waals surface area contributed by atoms with Gasteiger partial charge in [-0.15, -0.1) is 0 Å². The highest BCUT2D eigenvalue weighted by molar-refractivity contribution is 9.09. The van der Waals surface area contributed by atoms with Crippen molar-refractivity contribution < 1.29 is 14.2 Å². The number of benzene rings is 1. The first-order chi connectivity index (χ1) is 8.80. The zero-order valence-corrected chi connectivity index (χ0v) is 12.4. The van der Waals surface area contributed by atoms with Gasteiger partial charge in [-0.05, 0) is 24.6 Å². The Morgan fingerprint density at radius 1 is 1.33 bits per heavy atom. The van der Waals surface area contributed by atoms with Gasteiger partial charge in [0, 0.05) is 6.61 Å². The second kappa shape index (κ2) is 9.14. The van der Waals surface area contributed by atoms with E-state index in [1.165, 1.54) is 0 Å². The summed E-state index contributed by atoms with van der Waals surface area (Å²) in [4.78, 5) is 0. The van der Waals surface area contributed by atoms with Gasteiger partial charge >= 0.3 is 0 Å². The number of methoxy groups -OCH3 is 1. The molecule has 0 spiro atoms. The Bertz CT molecular complexity index is 366. The van der Waals surface area contributed by atoms with E-state index in [4.69, 9.17) is 14.2 Å². The van der Waals surface area contributed by atoms with E-state index in [9.17, 15) is 0 Å². The molecule has 1 atom stereocenters. The van der Waals surface area contributed by atoms with Crippen LogP contribution in [0.15, 0.2) is 30.3 Å². The lowest BCUT2D eigenvalue weighted by Crippen LogP contribution is -2.18. The molecule has 0 radical (unpaired) electrons. The van der Waals surface area contributed by atoms with E-state index >= 15 is 0 Å². The van der Waals surface area contributed by atoms with E-state index in [0.29, 0.717) is 18.5 Å². The van der Waals surface area contributed by atoms with Crippen molar-refractivity contribution in [3.05, 3.63) is 35.9 Å². The highest BCUT2D eigenvalue weighted by Gasteiger charge is 2.03. The molecule has 4 heteroatoms. The molecule has 0 N–H and O–H groups in total. The van der Waals surface area contributed by atoms with Gasteiger partial charge in [-0.3, -0.25) is 0 Å². The molecule has 100 valence electrons. The molecule has 0 aliphatic rings. The molecule has 0 aromatic heterocycles. The Labute approximate surface area is 117 Å². The molecule has 0 heterocycles. The molecule has 18 heavy (non-hydrogen) atoms. The highest BCUT2D eigenvalue weighted by atomic mass is 79.9. The van der Waals surface area contributed by atoms with Crippen molar-refractivity contribution in [1.29, 1.82) is 0 Å². The summed E-state index contributed by atoms with van der Waals surface area (Å²) in [6.07, 6.45) is 3.77. The van der Waals surface area contributed by atoms with Gasteiger partial charge in [0.2, 0.25) is 0 Å². The fraction of sp³-hybridized carbons (Fsp3) is 0.429. The van der Waals surface area contributed by atoms with Crippen molar-refractivity contribution in [1.82, 2.24) is 0 Å². The molecule has 0 bridgehead atoms. The molecular formula is C14H19BrO3. The van der Waals surface area contributed by atoms with Crippen LogP contribution in [-0.4, -0.2) is 31.9 Å². The average molecular weight is 315 g/mol. The smallest absolute Gasteiger partial charge is 0.167 e. The fourth-order valence-electron chi connectivity index (χ4n) is 1.42. The summed E-state index contributed by atoms with van der Waals surface area (Å²) in [5.74, 6) is 0.853. The number of hydrogen-bond donors (Lipinski definition) is 0. The van der Waals surface area contributed by atoms with Gasteiger partial charge < -0.3 is 14.2 Å². The largest absolute Gasteiger partial charge is 0.497 e. The lowest BCUT2D eigenvalue weighted by atomic mass is 10.2. The summed E-state index contributed by atoms with van der Waals surface area (Å²) >= 11 is 3.34. The summed E-state index contributed by atoms with van der Waals surface area (Å²) in [7, 11) is 1.66. The lowest BCUT2D eigenvalue weighted by molar-refractivity contribution is -0.114. The van der Waals surface area contributed by atoms with E-state index in [2.05, 4.69) is 15.9 Å². The van der Waals surface area contributed by atoms with Gasteiger partial charge in [0.25, 0.3) is 0 Å². The zero-order chi connectivity index (χ0) is 13.2. The van der Waals surface area contributed by atoms with E-state index in [0.717, 1.165) is 11.3 Å². The topological polar surface area (TPSA) is 27.7 Å². The van der Waals surface area contributed by atoms with Gasteiger partial charge in [-0.1, -0.05) is 40.2 Å². The third-order valence-corrected chi connectivity index (χ3v) is 2.79. The SMILES string of the molecule is CCOC(CBr)OC/C=C/c1cccc(OC)c1. The summed E-state index contributed by atoms with van der Waals surface area (Å²) in [5.41, 5.74) is 1.09. The second-order valence-electron chi connectivity index (χ2n) is 3.55. The van der Waals surface area contributed by atoms with Crippen LogP contribution in [0.1, 0.15) is 12.5 Å². The summed E-state index contributed by atoms with van der Waals surface area (Å²) in [6.45, 7) is 3.12. The number of ether oxygens (including phenoxy) is 3. The molecule has 1 aromatic carbocycles. The second-order valence-corrected chi connectivity index (χ2v) is 4.20. The van der Waals surface area contributed by atoms with Crippen LogP contribution < -0.4 is 4.74 Å². The molecule has 1 rings (SSSR count). The normalized spacial score (nSPS) is 12.8. The van der Waals surface area contributed by atoms with Crippen LogP contribution in [0, 0.1) is 0 Å². The van der Waals surface area contributed by atoms with Gasteiger partial charge in [0.1, 0.15) is 5.75 Å². The van der Waals surface area contributed by atoms with Crippen LogP contribution >= 0.6 is 15.9 Å². The van der Waals surface area contributed by atoms with Crippen molar-refractivity contribution >= 4 is 22.0 Å². The van der Waals surface area contributed by atoms with E-state index in [-0.39, 0.29) is 6.29 Å². The number of hydrogen-bond acceptors (Lipinski definition) is 3. The molecular weight excluding hydrogens is 296 g/mol. The highest BCUT2D eigenvalue weighted by Crippen LogP contribution is 2.13. The van der Waals surface area contributed by atoms with Crippen LogP contribution in [0.2, 0.25) is 0 Å². The molecule has 0 aliphatic heterocycles. The minimum Gasteiger partial charge on any atom is -0.497 e. The first-order valence-electron chi connectivity index (χ1n) is 5.90. The number of alkyl halides is 1. The Morgan fingerprint density at radius 2 is 2.17 bits per heavy atom. The first-order valence-corrected chi connectivity index (χ1v) is 7.02. The molecule has 0 saturated carbocycles. The van der Waals surface area contributed by atoms with E-state index in [1.54, 1.807) is 7.11 Å². The Morgan fingerprint density at radius 3 is 2.83 bits per heavy atom. The summed E-state index contributed by atoms with van der Waals surface area (Å²) in [5, 5.41) is 0.674.